The summed E-state index contributed by atoms with van der Waals surface area (Å²) in [6.45, 7) is 0.214. The Bertz CT molecular complexity index is 540. The number of phenols is 1. The zero-order valence-electron chi connectivity index (χ0n) is 8.38. The number of phenolic OH excluding ortho intramolecular Hbond substituents is 1. The molecule has 0 aliphatic carbocycles. The predicted octanol–water partition coefficient (Wildman–Crippen LogP) is 2.18. The van der Waals surface area contributed by atoms with Gasteiger partial charge >= 0.3 is 0 Å². The van der Waals surface area contributed by atoms with E-state index in [1.54, 1.807) is 24.4 Å². The van der Waals surface area contributed by atoms with E-state index in [1.165, 1.54) is 0 Å². The number of hydrogen-bond donors (Lipinski definition) is 1. The number of nitrogens with zero attached hydrogens (tertiary/aromatic N) is 1. The number of aromatic hydroxyl groups is 1. The predicted molar refractivity (Wildman–Crippen MR) is 57.5 cm³/mol. The van der Waals surface area contributed by atoms with Crippen molar-refractivity contribution in [3.8, 4) is 28.5 Å². The molecule has 1 aromatic heterocycles. The topological polar surface area (TPSA) is 51.6 Å². The van der Waals surface area contributed by atoms with Crippen LogP contribution in [0.4, 0.5) is 0 Å². The molecule has 1 N–H and O–H groups in total. The molecule has 1 aliphatic rings. The normalized spacial score (nSPS) is 12.8. The van der Waals surface area contributed by atoms with Crippen molar-refractivity contribution in [2.75, 3.05) is 6.79 Å². The third-order valence-corrected chi connectivity index (χ3v) is 2.41. The fourth-order valence-corrected chi connectivity index (χ4v) is 1.64. The summed E-state index contributed by atoms with van der Waals surface area (Å²) in [6, 6.07) is 8.85. The van der Waals surface area contributed by atoms with Gasteiger partial charge in [-0.15, -0.1) is 0 Å². The number of pyridine rings is 1. The van der Waals surface area contributed by atoms with Gasteiger partial charge in [-0.1, -0.05) is 12.1 Å². The van der Waals surface area contributed by atoms with Gasteiger partial charge in [-0.25, -0.2) is 4.98 Å². The summed E-state index contributed by atoms with van der Waals surface area (Å²) in [5.74, 6) is 1.39. The molecular formula is C12H9NO3. The summed E-state index contributed by atoms with van der Waals surface area (Å²) >= 11 is 0. The molecule has 0 spiro atoms. The van der Waals surface area contributed by atoms with Gasteiger partial charge in [-0.3, -0.25) is 0 Å². The van der Waals surface area contributed by atoms with E-state index in [0.29, 0.717) is 11.6 Å². The summed E-state index contributed by atoms with van der Waals surface area (Å²) in [6.07, 6.45) is 1.70. The molecule has 0 unspecified atom stereocenters. The summed E-state index contributed by atoms with van der Waals surface area (Å²) in [7, 11) is 0. The Balaban J connectivity index is 2.07. The van der Waals surface area contributed by atoms with Gasteiger partial charge in [0.2, 0.25) is 6.79 Å². The van der Waals surface area contributed by atoms with Crippen LogP contribution in [-0.4, -0.2) is 16.9 Å². The Labute approximate surface area is 92.1 Å². The fraction of sp³-hybridized carbons (Fsp3) is 0.0833. The number of fused-ring (bicyclic) bond motifs is 1. The first kappa shape index (κ1) is 9.03. The molecule has 0 bridgehead atoms. The molecule has 0 saturated carbocycles. The lowest BCUT2D eigenvalue weighted by atomic mass is 10.1. The monoisotopic (exact) mass is 215 g/mol. The average Bonchev–Trinajstić information content (AvgIpc) is 2.75. The summed E-state index contributed by atoms with van der Waals surface area (Å²) < 4.78 is 10.4. The highest BCUT2D eigenvalue weighted by molar-refractivity contribution is 5.66. The lowest BCUT2D eigenvalue weighted by Crippen LogP contribution is -1.93. The minimum Gasteiger partial charge on any atom is -0.508 e. The van der Waals surface area contributed by atoms with Gasteiger partial charge in [-0.2, -0.15) is 0 Å². The van der Waals surface area contributed by atoms with Gasteiger partial charge in [0, 0.05) is 11.8 Å². The summed E-state index contributed by atoms with van der Waals surface area (Å²) in [5.41, 5.74) is 1.78. The number of benzene rings is 1. The van der Waals surface area contributed by atoms with E-state index in [2.05, 4.69) is 4.98 Å². The van der Waals surface area contributed by atoms with E-state index in [4.69, 9.17) is 9.47 Å². The van der Waals surface area contributed by atoms with E-state index in [1.807, 2.05) is 12.1 Å². The van der Waals surface area contributed by atoms with Crippen LogP contribution >= 0.6 is 0 Å². The van der Waals surface area contributed by atoms with Gasteiger partial charge in [0.15, 0.2) is 5.75 Å². The lowest BCUT2D eigenvalue weighted by molar-refractivity contribution is 0.171. The fourth-order valence-electron chi connectivity index (χ4n) is 1.64. The first-order chi connectivity index (χ1) is 7.83. The second-order valence-corrected chi connectivity index (χ2v) is 3.48. The maximum atomic E-state index is 9.39. The van der Waals surface area contributed by atoms with Crippen molar-refractivity contribution in [3.63, 3.8) is 0 Å². The van der Waals surface area contributed by atoms with Crippen molar-refractivity contribution in [3.05, 3.63) is 36.5 Å². The average molecular weight is 215 g/mol. The summed E-state index contributed by atoms with van der Waals surface area (Å²) in [4.78, 5) is 4.14. The molecule has 0 fully saturated rings. The Morgan fingerprint density at radius 3 is 2.94 bits per heavy atom. The molecule has 2 aromatic rings. The van der Waals surface area contributed by atoms with E-state index >= 15 is 0 Å². The molecule has 0 saturated heterocycles. The zero-order valence-corrected chi connectivity index (χ0v) is 8.38. The first-order valence-electron chi connectivity index (χ1n) is 4.88. The highest BCUT2D eigenvalue weighted by Gasteiger charge is 2.15. The van der Waals surface area contributed by atoms with Crippen LogP contribution in [0.25, 0.3) is 11.1 Å². The van der Waals surface area contributed by atoms with Gasteiger partial charge in [0.1, 0.15) is 5.75 Å². The van der Waals surface area contributed by atoms with Crippen LogP contribution in [0.15, 0.2) is 36.5 Å². The van der Waals surface area contributed by atoms with E-state index in [-0.39, 0.29) is 12.5 Å². The van der Waals surface area contributed by atoms with Crippen molar-refractivity contribution in [2.45, 2.75) is 0 Å². The highest BCUT2D eigenvalue weighted by Crippen LogP contribution is 2.34. The van der Waals surface area contributed by atoms with Crippen molar-refractivity contribution >= 4 is 0 Å². The molecule has 16 heavy (non-hydrogen) atoms. The molecule has 80 valence electrons. The van der Waals surface area contributed by atoms with E-state index in [0.717, 1.165) is 11.1 Å². The standard InChI is InChI=1S/C12H9NO3/c14-10-3-1-2-8(4-10)9-5-11-12(13-6-9)16-7-15-11/h1-6,14H,7H2. The third kappa shape index (κ3) is 1.44. The molecule has 2 heterocycles. The first-order valence-corrected chi connectivity index (χ1v) is 4.88. The minimum absolute atomic E-state index is 0.214. The Kier molecular flexibility index (Phi) is 1.93. The van der Waals surface area contributed by atoms with Gasteiger partial charge in [0.05, 0.1) is 0 Å². The van der Waals surface area contributed by atoms with Crippen LogP contribution in [0.2, 0.25) is 0 Å². The zero-order chi connectivity index (χ0) is 11.0. The highest BCUT2D eigenvalue weighted by atomic mass is 16.7. The molecule has 0 amide bonds. The van der Waals surface area contributed by atoms with Crippen molar-refractivity contribution in [2.24, 2.45) is 0 Å². The second kappa shape index (κ2) is 3.41. The van der Waals surface area contributed by atoms with E-state index in [9.17, 15) is 5.11 Å². The Hall–Kier alpha value is -2.23. The van der Waals surface area contributed by atoms with Gasteiger partial charge in [0.25, 0.3) is 5.88 Å². The van der Waals surface area contributed by atoms with Gasteiger partial charge < -0.3 is 14.6 Å². The molecule has 4 nitrogen and oxygen atoms in total. The molecular weight excluding hydrogens is 206 g/mol. The van der Waals surface area contributed by atoms with Crippen LogP contribution in [0, 0.1) is 0 Å². The minimum atomic E-state index is 0.214. The van der Waals surface area contributed by atoms with Crippen molar-refractivity contribution in [1.29, 1.82) is 0 Å². The number of rotatable bonds is 1. The largest absolute Gasteiger partial charge is 0.508 e. The SMILES string of the molecule is Oc1cccc(-c2cnc3c(c2)OCO3)c1. The quantitative estimate of drug-likeness (QED) is 0.792. The number of ether oxygens (including phenoxy) is 2. The van der Waals surface area contributed by atoms with Crippen LogP contribution in [0.5, 0.6) is 17.4 Å². The van der Waals surface area contributed by atoms with E-state index < -0.39 is 0 Å². The molecule has 3 rings (SSSR count). The van der Waals surface area contributed by atoms with Crippen LogP contribution in [0.3, 0.4) is 0 Å². The molecule has 1 aliphatic heterocycles. The van der Waals surface area contributed by atoms with Crippen molar-refractivity contribution < 1.29 is 14.6 Å². The number of hydrogen-bond acceptors (Lipinski definition) is 4. The molecule has 0 radical (unpaired) electrons. The summed E-state index contributed by atoms with van der Waals surface area (Å²) in [5, 5.41) is 9.39. The van der Waals surface area contributed by atoms with Crippen LogP contribution in [-0.2, 0) is 0 Å². The third-order valence-electron chi connectivity index (χ3n) is 2.41. The smallest absolute Gasteiger partial charge is 0.260 e. The van der Waals surface area contributed by atoms with Gasteiger partial charge in [-0.05, 0) is 23.8 Å². The number of aromatic nitrogens is 1. The Morgan fingerprint density at radius 1 is 1.12 bits per heavy atom. The van der Waals surface area contributed by atoms with Crippen LogP contribution in [0.1, 0.15) is 0 Å². The lowest BCUT2D eigenvalue weighted by Gasteiger charge is -2.02. The second-order valence-electron chi connectivity index (χ2n) is 3.48. The van der Waals surface area contributed by atoms with Crippen molar-refractivity contribution in [1.82, 2.24) is 4.98 Å². The molecule has 1 aromatic carbocycles. The molecule has 4 heteroatoms. The van der Waals surface area contributed by atoms with Crippen LogP contribution < -0.4 is 9.47 Å². The maximum Gasteiger partial charge on any atom is 0.260 e. The molecule has 0 atom stereocenters. The maximum absolute atomic E-state index is 9.39. The Morgan fingerprint density at radius 2 is 2.06 bits per heavy atom.